The molecule has 2 fully saturated rings. The molecule has 0 aromatic carbocycles. The predicted molar refractivity (Wildman–Crippen MR) is 84.6 cm³/mol. The molecule has 0 N–H and O–H groups in total. The van der Waals surface area contributed by atoms with Crippen LogP contribution in [0.1, 0.15) is 0 Å². The van der Waals surface area contributed by atoms with Crippen molar-refractivity contribution in [2.24, 2.45) is 0 Å². The van der Waals surface area contributed by atoms with Crippen molar-refractivity contribution >= 4 is 16.7 Å². The smallest absolute Gasteiger partial charge is 0.138 e. The lowest BCUT2D eigenvalue weighted by Crippen LogP contribution is -2.61. The largest absolute Gasteiger partial charge is 0.353 e. The standard InChI is InChI=1S/C16H21N5/c1-19-7-8-20-9-10-21(12-13(20)11-19)16-14-3-2-5-17-15(14)4-6-18-16/h2-6,13H,7-12H2,1H3. The lowest BCUT2D eigenvalue weighted by atomic mass is 10.1. The molecule has 2 aliphatic rings. The van der Waals surface area contributed by atoms with E-state index in [1.807, 2.05) is 24.5 Å². The van der Waals surface area contributed by atoms with Gasteiger partial charge in [0.15, 0.2) is 0 Å². The van der Waals surface area contributed by atoms with Gasteiger partial charge in [0.1, 0.15) is 5.82 Å². The van der Waals surface area contributed by atoms with Crippen molar-refractivity contribution in [1.29, 1.82) is 0 Å². The van der Waals surface area contributed by atoms with Gasteiger partial charge < -0.3 is 9.80 Å². The summed E-state index contributed by atoms with van der Waals surface area (Å²) in [6.45, 7) is 6.79. The molecule has 2 aliphatic heterocycles. The van der Waals surface area contributed by atoms with Gasteiger partial charge in [0, 0.05) is 63.1 Å². The number of nitrogens with zero attached hydrogens (tertiary/aromatic N) is 5. The number of aromatic nitrogens is 2. The third kappa shape index (κ3) is 2.36. The summed E-state index contributed by atoms with van der Waals surface area (Å²) in [5, 5.41) is 1.16. The first-order chi connectivity index (χ1) is 10.3. The number of hydrogen-bond donors (Lipinski definition) is 0. The highest BCUT2D eigenvalue weighted by Gasteiger charge is 2.31. The molecule has 4 rings (SSSR count). The summed E-state index contributed by atoms with van der Waals surface area (Å²) in [5.41, 5.74) is 1.03. The van der Waals surface area contributed by atoms with Crippen molar-refractivity contribution in [3.8, 4) is 0 Å². The van der Waals surface area contributed by atoms with Gasteiger partial charge in [-0.15, -0.1) is 0 Å². The van der Waals surface area contributed by atoms with Crippen LogP contribution in [0.15, 0.2) is 30.6 Å². The molecule has 2 aromatic heterocycles. The van der Waals surface area contributed by atoms with Crippen LogP contribution in [-0.2, 0) is 0 Å². The first kappa shape index (κ1) is 13.0. The van der Waals surface area contributed by atoms with E-state index in [1.54, 1.807) is 0 Å². The zero-order valence-corrected chi connectivity index (χ0v) is 12.4. The van der Waals surface area contributed by atoms with E-state index in [-0.39, 0.29) is 0 Å². The summed E-state index contributed by atoms with van der Waals surface area (Å²) in [6.07, 6.45) is 3.73. The van der Waals surface area contributed by atoms with E-state index in [0.717, 1.165) is 42.9 Å². The van der Waals surface area contributed by atoms with Gasteiger partial charge in [-0.2, -0.15) is 0 Å². The predicted octanol–water partition coefficient (Wildman–Crippen LogP) is 1.07. The molecule has 4 heterocycles. The molecular formula is C16H21N5. The summed E-state index contributed by atoms with van der Waals surface area (Å²) in [6, 6.07) is 6.73. The molecule has 1 atom stereocenters. The molecule has 2 aromatic rings. The molecule has 21 heavy (non-hydrogen) atoms. The third-order valence-electron chi connectivity index (χ3n) is 4.70. The molecule has 5 nitrogen and oxygen atoms in total. The van der Waals surface area contributed by atoms with Crippen molar-refractivity contribution in [3.63, 3.8) is 0 Å². The lowest BCUT2D eigenvalue weighted by Gasteiger charge is -2.47. The average molecular weight is 283 g/mol. The fraction of sp³-hybridized carbons (Fsp3) is 0.500. The number of fused-ring (bicyclic) bond motifs is 2. The normalized spacial score (nSPS) is 24.2. The van der Waals surface area contributed by atoms with E-state index in [9.17, 15) is 0 Å². The lowest BCUT2D eigenvalue weighted by molar-refractivity contribution is 0.0805. The Hall–Kier alpha value is -1.72. The first-order valence-corrected chi connectivity index (χ1v) is 7.68. The highest BCUT2D eigenvalue weighted by Crippen LogP contribution is 2.25. The van der Waals surface area contributed by atoms with Gasteiger partial charge >= 0.3 is 0 Å². The van der Waals surface area contributed by atoms with E-state index in [4.69, 9.17) is 0 Å². The Morgan fingerprint density at radius 1 is 1.00 bits per heavy atom. The van der Waals surface area contributed by atoms with Gasteiger partial charge in [0.05, 0.1) is 5.52 Å². The Kier molecular flexibility index (Phi) is 3.24. The van der Waals surface area contributed by atoms with Crippen molar-refractivity contribution in [1.82, 2.24) is 19.8 Å². The minimum atomic E-state index is 0.617. The zero-order chi connectivity index (χ0) is 14.2. The maximum absolute atomic E-state index is 4.64. The summed E-state index contributed by atoms with van der Waals surface area (Å²) >= 11 is 0. The first-order valence-electron chi connectivity index (χ1n) is 7.68. The summed E-state index contributed by atoms with van der Waals surface area (Å²) in [5.74, 6) is 1.09. The summed E-state index contributed by atoms with van der Waals surface area (Å²) in [7, 11) is 2.22. The van der Waals surface area contributed by atoms with Crippen LogP contribution in [0, 0.1) is 0 Å². The second-order valence-electron chi connectivity index (χ2n) is 6.10. The Labute approximate surface area is 125 Å². The highest BCUT2D eigenvalue weighted by atomic mass is 15.4. The van der Waals surface area contributed by atoms with E-state index in [1.165, 1.54) is 13.1 Å². The molecule has 2 saturated heterocycles. The van der Waals surface area contributed by atoms with Crippen molar-refractivity contribution < 1.29 is 0 Å². The van der Waals surface area contributed by atoms with E-state index < -0.39 is 0 Å². The van der Waals surface area contributed by atoms with Gasteiger partial charge in [-0.25, -0.2) is 4.98 Å². The number of piperazine rings is 2. The molecule has 0 saturated carbocycles. The Morgan fingerprint density at radius 2 is 1.90 bits per heavy atom. The quantitative estimate of drug-likeness (QED) is 0.782. The average Bonchev–Trinajstić information content (AvgIpc) is 2.53. The molecule has 0 bridgehead atoms. The molecule has 0 spiro atoms. The molecular weight excluding hydrogens is 262 g/mol. The summed E-state index contributed by atoms with van der Waals surface area (Å²) in [4.78, 5) is 16.6. The Bertz CT molecular complexity index is 638. The number of likely N-dealkylation sites (N-methyl/N-ethyl adjacent to an activating group) is 1. The van der Waals surface area contributed by atoms with Crippen molar-refractivity contribution in [2.75, 3.05) is 51.2 Å². The monoisotopic (exact) mass is 283 g/mol. The van der Waals surface area contributed by atoms with Crippen LogP contribution in [0.2, 0.25) is 0 Å². The van der Waals surface area contributed by atoms with E-state index in [2.05, 4.69) is 37.8 Å². The van der Waals surface area contributed by atoms with E-state index in [0.29, 0.717) is 6.04 Å². The van der Waals surface area contributed by atoms with Crippen LogP contribution in [-0.4, -0.2) is 72.1 Å². The van der Waals surface area contributed by atoms with Crippen molar-refractivity contribution in [2.45, 2.75) is 6.04 Å². The molecule has 110 valence electrons. The van der Waals surface area contributed by atoms with Crippen LogP contribution in [0.25, 0.3) is 10.9 Å². The second-order valence-corrected chi connectivity index (χ2v) is 6.10. The Balaban J connectivity index is 1.64. The topological polar surface area (TPSA) is 35.5 Å². The van der Waals surface area contributed by atoms with Gasteiger partial charge in [0.25, 0.3) is 0 Å². The fourth-order valence-corrected chi connectivity index (χ4v) is 3.54. The van der Waals surface area contributed by atoms with Crippen molar-refractivity contribution in [3.05, 3.63) is 30.6 Å². The number of anilines is 1. The SMILES string of the molecule is CN1CCN2CCN(c3nccc4ncccc34)CC2C1. The van der Waals surface area contributed by atoms with E-state index >= 15 is 0 Å². The second kappa shape index (κ2) is 5.24. The number of hydrogen-bond acceptors (Lipinski definition) is 5. The molecule has 0 radical (unpaired) electrons. The molecule has 5 heteroatoms. The molecule has 0 aliphatic carbocycles. The van der Waals surface area contributed by atoms with Gasteiger partial charge in [0.2, 0.25) is 0 Å². The molecule has 1 unspecified atom stereocenters. The maximum atomic E-state index is 4.64. The third-order valence-corrected chi connectivity index (χ3v) is 4.70. The maximum Gasteiger partial charge on any atom is 0.138 e. The highest BCUT2D eigenvalue weighted by molar-refractivity contribution is 5.89. The minimum absolute atomic E-state index is 0.617. The van der Waals surface area contributed by atoms with Crippen LogP contribution in [0.4, 0.5) is 5.82 Å². The Morgan fingerprint density at radius 3 is 2.86 bits per heavy atom. The molecule has 0 amide bonds. The number of pyridine rings is 2. The van der Waals surface area contributed by atoms with Gasteiger partial charge in [-0.05, 0) is 25.2 Å². The fourth-order valence-electron chi connectivity index (χ4n) is 3.54. The zero-order valence-electron chi connectivity index (χ0n) is 12.4. The van der Waals surface area contributed by atoms with Crippen LogP contribution in [0.3, 0.4) is 0 Å². The van der Waals surface area contributed by atoms with Crippen LogP contribution < -0.4 is 4.90 Å². The van der Waals surface area contributed by atoms with Gasteiger partial charge in [-0.3, -0.25) is 9.88 Å². The summed E-state index contributed by atoms with van der Waals surface area (Å²) < 4.78 is 0. The van der Waals surface area contributed by atoms with Crippen LogP contribution >= 0.6 is 0 Å². The van der Waals surface area contributed by atoms with Gasteiger partial charge in [-0.1, -0.05) is 0 Å². The van der Waals surface area contributed by atoms with Crippen LogP contribution in [0.5, 0.6) is 0 Å². The minimum Gasteiger partial charge on any atom is -0.353 e. The number of rotatable bonds is 1.